The van der Waals surface area contributed by atoms with Gasteiger partial charge in [-0.3, -0.25) is 4.79 Å². The van der Waals surface area contributed by atoms with Gasteiger partial charge in [-0.1, -0.05) is 50.2 Å². The third kappa shape index (κ3) is 5.40. The van der Waals surface area contributed by atoms with Gasteiger partial charge in [0, 0.05) is 29.5 Å². The number of carbonyl (C=O) groups is 1. The topological polar surface area (TPSA) is 149 Å². The summed E-state index contributed by atoms with van der Waals surface area (Å²) in [6.07, 6.45) is 5.81. The molecule has 2 aliphatic rings. The number of rotatable bonds is 7. The summed E-state index contributed by atoms with van der Waals surface area (Å²) >= 11 is 0. The number of H-pyrrole nitrogens is 2. The summed E-state index contributed by atoms with van der Waals surface area (Å²) in [6.45, 7) is 5.15. The SMILES string of the molecule is CC(C)[C@H](N)C(=O)N1C[C@H](O)C[C@H]1c1ncc(-c2ccc(-c3ccc4cc(-c5cnc([C@@H]6CCCN6)[nH]5)ccc4n3)cc2)[nH]1. The van der Waals surface area contributed by atoms with Gasteiger partial charge in [0.2, 0.25) is 5.91 Å². The molecule has 1 amide bonds. The summed E-state index contributed by atoms with van der Waals surface area (Å²) in [7, 11) is 0. The molecule has 0 saturated carbocycles. The quantitative estimate of drug-likeness (QED) is 0.184. The average Bonchev–Trinajstić information content (AvgIpc) is 3.86. The van der Waals surface area contributed by atoms with Gasteiger partial charge < -0.3 is 31.0 Å². The third-order valence-electron chi connectivity index (χ3n) is 8.95. The van der Waals surface area contributed by atoms with Crippen molar-refractivity contribution in [1.82, 2.24) is 35.1 Å². The number of amides is 1. The Hall–Kier alpha value is -4.38. The summed E-state index contributed by atoms with van der Waals surface area (Å²) in [4.78, 5) is 35.7. The van der Waals surface area contributed by atoms with Crippen LogP contribution in [0.4, 0.5) is 0 Å². The van der Waals surface area contributed by atoms with Crippen LogP contribution in [0.1, 0.15) is 56.8 Å². The molecule has 0 unspecified atom stereocenters. The molecular formula is C34H38N8O2. The second-order valence-electron chi connectivity index (χ2n) is 12.4. The van der Waals surface area contributed by atoms with Crippen LogP contribution in [-0.4, -0.2) is 66.1 Å². The Labute approximate surface area is 256 Å². The zero-order valence-corrected chi connectivity index (χ0v) is 25.0. The van der Waals surface area contributed by atoms with Gasteiger partial charge >= 0.3 is 0 Å². The highest BCUT2D eigenvalue weighted by Crippen LogP contribution is 2.33. The van der Waals surface area contributed by atoms with Crippen molar-refractivity contribution >= 4 is 16.8 Å². The molecule has 226 valence electrons. The fourth-order valence-electron chi connectivity index (χ4n) is 6.30. The molecule has 6 N–H and O–H groups in total. The van der Waals surface area contributed by atoms with Crippen molar-refractivity contribution in [3.8, 4) is 33.8 Å². The van der Waals surface area contributed by atoms with E-state index < -0.39 is 12.1 Å². The Morgan fingerprint density at radius 1 is 0.955 bits per heavy atom. The van der Waals surface area contributed by atoms with E-state index in [1.54, 1.807) is 11.1 Å². The first kappa shape index (κ1) is 28.4. The molecule has 10 heteroatoms. The monoisotopic (exact) mass is 590 g/mol. The van der Waals surface area contributed by atoms with E-state index in [2.05, 4.69) is 67.7 Å². The van der Waals surface area contributed by atoms with Crippen molar-refractivity contribution in [2.24, 2.45) is 11.7 Å². The highest BCUT2D eigenvalue weighted by Gasteiger charge is 2.39. The Kier molecular flexibility index (Phi) is 7.49. The minimum Gasteiger partial charge on any atom is -0.391 e. The molecule has 0 radical (unpaired) electrons. The number of carbonyl (C=O) groups excluding carboxylic acids is 1. The van der Waals surface area contributed by atoms with Crippen LogP contribution >= 0.6 is 0 Å². The van der Waals surface area contributed by atoms with Gasteiger partial charge in [0.15, 0.2) is 0 Å². The van der Waals surface area contributed by atoms with Gasteiger partial charge in [0.25, 0.3) is 0 Å². The molecule has 3 aromatic heterocycles. The molecule has 0 aliphatic carbocycles. The second-order valence-corrected chi connectivity index (χ2v) is 12.4. The highest BCUT2D eigenvalue weighted by atomic mass is 16.3. The maximum atomic E-state index is 13.0. The fraction of sp³-hybridized carbons (Fsp3) is 0.353. The normalized spacial score (nSPS) is 21.0. The summed E-state index contributed by atoms with van der Waals surface area (Å²) in [5, 5.41) is 14.9. The molecule has 2 fully saturated rings. The van der Waals surface area contributed by atoms with Crippen LogP contribution in [0.3, 0.4) is 0 Å². The van der Waals surface area contributed by atoms with E-state index in [1.807, 2.05) is 32.2 Å². The number of nitrogens with zero attached hydrogens (tertiary/aromatic N) is 4. The first-order chi connectivity index (χ1) is 21.3. The zero-order chi connectivity index (χ0) is 30.4. The van der Waals surface area contributed by atoms with E-state index in [0.717, 1.165) is 63.5 Å². The third-order valence-corrected chi connectivity index (χ3v) is 8.95. The molecule has 4 atom stereocenters. The number of nitrogens with one attached hydrogen (secondary N) is 3. The molecule has 2 saturated heterocycles. The van der Waals surface area contributed by atoms with Crippen LogP contribution in [-0.2, 0) is 4.79 Å². The predicted molar refractivity (Wildman–Crippen MR) is 170 cm³/mol. The standard InChI is InChI=1S/C34H38N8O2/c1-19(2)31(35)34(44)42-18-24(43)15-30(42)33-38-16-28(41-33)21-7-5-20(6-8-21)25-11-9-22-14-23(10-12-26(22)39-25)29-17-37-32(40-29)27-4-3-13-36-27/h5-12,14,16-17,19,24,27,30-31,36,43H,3-4,13,15,18,35H2,1-2H3,(H,37,40)(H,38,41)/t24-,27+,30+,31+/m1/s1. The molecule has 10 nitrogen and oxygen atoms in total. The van der Waals surface area contributed by atoms with Crippen LogP contribution in [0, 0.1) is 5.92 Å². The van der Waals surface area contributed by atoms with Crippen LogP contribution in [0.25, 0.3) is 44.7 Å². The number of aliphatic hydroxyl groups is 1. The number of imidazole rings is 2. The summed E-state index contributed by atoms with van der Waals surface area (Å²) in [6, 6.07) is 18.0. The molecule has 0 spiro atoms. The molecule has 44 heavy (non-hydrogen) atoms. The van der Waals surface area contributed by atoms with Crippen LogP contribution < -0.4 is 11.1 Å². The summed E-state index contributed by atoms with van der Waals surface area (Å²) < 4.78 is 0. The van der Waals surface area contributed by atoms with E-state index in [9.17, 15) is 9.90 Å². The second kappa shape index (κ2) is 11.6. The first-order valence-corrected chi connectivity index (χ1v) is 15.4. The molecule has 2 aromatic carbocycles. The Bertz CT molecular complexity index is 1790. The van der Waals surface area contributed by atoms with Gasteiger partial charge in [0.1, 0.15) is 11.6 Å². The lowest BCUT2D eigenvalue weighted by atomic mass is 10.0. The van der Waals surface area contributed by atoms with Crippen molar-refractivity contribution in [3.05, 3.63) is 78.6 Å². The minimum atomic E-state index is -0.612. The molecule has 0 bridgehead atoms. The zero-order valence-electron chi connectivity index (χ0n) is 25.0. The lowest BCUT2D eigenvalue weighted by Crippen LogP contribution is -2.46. The Morgan fingerprint density at radius 3 is 2.41 bits per heavy atom. The summed E-state index contributed by atoms with van der Waals surface area (Å²) in [5.41, 5.74) is 12.9. The number of hydrogen-bond acceptors (Lipinski definition) is 7. The van der Waals surface area contributed by atoms with E-state index in [4.69, 9.17) is 10.7 Å². The van der Waals surface area contributed by atoms with E-state index in [1.165, 1.54) is 6.42 Å². The van der Waals surface area contributed by atoms with Crippen LogP contribution in [0.5, 0.6) is 0 Å². The van der Waals surface area contributed by atoms with E-state index >= 15 is 0 Å². The van der Waals surface area contributed by atoms with Crippen molar-refractivity contribution in [3.63, 3.8) is 0 Å². The van der Waals surface area contributed by atoms with Crippen molar-refractivity contribution < 1.29 is 9.90 Å². The lowest BCUT2D eigenvalue weighted by Gasteiger charge is -2.27. The number of fused-ring (bicyclic) bond motifs is 1. The number of likely N-dealkylation sites (tertiary alicyclic amines) is 1. The number of pyridine rings is 1. The maximum absolute atomic E-state index is 13.0. The van der Waals surface area contributed by atoms with E-state index in [0.29, 0.717) is 18.3 Å². The fourth-order valence-corrected chi connectivity index (χ4v) is 6.30. The largest absolute Gasteiger partial charge is 0.391 e. The van der Waals surface area contributed by atoms with Crippen LogP contribution in [0.2, 0.25) is 0 Å². The van der Waals surface area contributed by atoms with Crippen molar-refractivity contribution in [1.29, 1.82) is 0 Å². The number of aliphatic hydroxyl groups excluding tert-OH is 1. The number of aromatic amines is 2. The predicted octanol–water partition coefficient (Wildman–Crippen LogP) is 4.72. The van der Waals surface area contributed by atoms with Crippen LogP contribution in [0.15, 0.2) is 67.0 Å². The van der Waals surface area contributed by atoms with E-state index in [-0.39, 0.29) is 24.4 Å². The van der Waals surface area contributed by atoms with Gasteiger partial charge in [-0.2, -0.15) is 0 Å². The Balaban J connectivity index is 1.07. The molecule has 2 aliphatic heterocycles. The smallest absolute Gasteiger partial charge is 0.240 e. The van der Waals surface area contributed by atoms with Gasteiger partial charge in [-0.05, 0) is 49.1 Å². The summed E-state index contributed by atoms with van der Waals surface area (Å²) in [5.74, 6) is 1.51. The number of benzene rings is 2. The molecular weight excluding hydrogens is 552 g/mol. The number of aromatic nitrogens is 5. The molecule has 7 rings (SSSR count). The van der Waals surface area contributed by atoms with Crippen molar-refractivity contribution in [2.45, 2.75) is 57.3 Å². The van der Waals surface area contributed by atoms with Gasteiger partial charge in [0.05, 0.1) is 59.2 Å². The molecule has 5 heterocycles. The Morgan fingerprint density at radius 2 is 1.66 bits per heavy atom. The number of hydrogen-bond donors (Lipinski definition) is 5. The number of nitrogens with two attached hydrogens (primary N) is 1. The maximum Gasteiger partial charge on any atom is 0.240 e. The first-order valence-electron chi connectivity index (χ1n) is 15.4. The average molecular weight is 591 g/mol. The van der Waals surface area contributed by atoms with Gasteiger partial charge in [-0.25, -0.2) is 15.0 Å². The van der Waals surface area contributed by atoms with Crippen molar-refractivity contribution in [2.75, 3.05) is 13.1 Å². The minimum absolute atomic E-state index is 0.00980. The lowest BCUT2D eigenvalue weighted by molar-refractivity contribution is -0.135. The number of β-amino-alcohol motifs (C(OH)–C–C–N with tert-alkyl or cyclic N) is 1. The highest BCUT2D eigenvalue weighted by molar-refractivity contribution is 5.86. The van der Waals surface area contributed by atoms with Gasteiger partial charge in [-0.15, -0.1) is 0 Å². The molecule has 5 aromatic rings.